The molecule has 9 heteroatoms. The Labute approximate surface area is 174 Å². The molecule has 1 N–H and O–H groups in total. The van der Waals surface area contributed by atoms with E-state index in [0.29, 0.717) is 17.2 Å². The van der Waals surface area contributed by atoms with Crippen molar-refractivity contribution < 1.29 is 9.59 Å². The number of rotatable bonds is 5. The van der Waals surface area contributed by atoms with Gasteiger partial charge in [-0.05, 0) is 45.7 Å². The van der Waals surface area contributed by atoms with Crippen LogP contribution < -0.4 is 5.32 Å². The number of hydrogen-bond acceptors (Lipinski definition) is 7. The second-order valence-corrected chi connectivity index (χ2v) is 8.56. The molecule has 2 aliphatic heterocycles. The SMILES string of the molecule is Cc1nc(C2CCN(CC(=O)Nc3nccs3)CC2)ncc1C(=O)N1CCCC1. The fourth-order valence-electron chi connectivity index (χ4n) is 3.98. The highest BCUT2D eigenvalue weighted by molar-refractivity contribution is 7.13. The number of nitrogens with zero attached hydrogens (tertiary/aromatic N) is 5. The smallest absolute Gasteiger partial charge is 0.257 e. The van der Waals surface area contributed by atoms with Crippen LogP contribution in [-0.2, 0) is 4.79 Å². The summed E-state index contributed by atoms with van der Waals surface area (Å²) in [5.74, 6) is 1.10. The quantitative estimate of drug-likeness (QED) is 0.807. The van der Waals surface area contributed by atoms with E-state index in [9.17, 15) is 9.59 Å². The molecule has 8 nitrogen and oxygen atoms in total. The van der Waals surface area contributed by atoms with Crippen LogP contribution in [0.15, 0.2) is 17.8 Å². The molecule has 0 atom stereocenters. The first-order valence-corrected chi connectivity index (χ1v) is 11.0. The lowest BCUT2D eigenvalue weighted by atomic mass is 9.95. The number of aryl methyl sites for hydroxylation is 1. The molecule has 0 aliphatic carbocycles. The largest absolute Gasteiger partial charge is 0.339 e. The zero-order valence-corrected chi connectivity index (χ0v) is 17.5. The van der Waals surface area contributed by atoms with Crippen molar-refractivity contribution in [1.82, 2.24) is 24.8 Å². The van der Waals surface area contributed by atoms with Crippen molar-refractivity contribution >= 4 is 28.3 Å². The van der Waals surface area contributed by atoms with Gasteiger partial charge in [0.2, 0.25) is 5.91 Å². The van der Waals surface area contributed by atoms with E-state index < -0.39 is 0 Å². The van der Waals surface area contributed by atoms with Crippen LogP contribution in [-0.4, -0.2) is 69.3 Å². The van der Waals surface area contributed by atoms with Crippen LogP contribution in [0, 0.1) is 6.92 Å². The molecule has 0 aromatic carbocycles. The number of likely N-dealkylation sites (tertiary alicyclic amines) is 2. The van der Waals surface area contributed by atoms with E-state index in [1.807, 2.05) is 17.2 Å². The third-order valence-corrected chi connectivity index (χ3v) is 6.31. The van der Waals surface area contributed by atoms with Crippen LogP contribution in [0.1, 0.15) is 53.5 Å². The number of aromatic nitrogens is 3. The Balaban J connectivity index is 1.30. The molecule has 29 heavy (non-hydrogen) atoms. The van der Waals surface area contributed by atoms with Gasteiger partial charge in [0.15, 0.2) is 5.13 Å². The van der Waals surface area contributed by atoms with Crippen molar-refractivity contribution in [3.8, 4) is 0 Å². The summed E-state index contributed by atoms with van der Waals surface area (Å²) in [6.07, 6.45) is 7.34. The molecule has 2 saturated heterocycles. The lowest BCUT2D eigenvalue weighted by Gasteiger charge is -2.30. The third-order valence-electron chi connectivity index (χ3n) is 5.62. The normalized spacial score (nSPS) is 18.2. The van der Waals surface area contributed by atoms with Gasteiger partial charge in [-0.2, -0.15) is 0 Å². The number of piperidine rings is 1. The maximum absolute atomic E-state index is 12.6. The molecule has 2 amide bonds. The average molecular weight is 415 g/mol. The number of carbonyl (C=O) groups is 2. The Morgan fingerprint density at radius 2 is 1.93 bits per heavy atom. The zero-order valence-electron chi connectivity index (χ0n) is 16.6. The van der Waals surface area contributed by atoms with E-state index in [4.69, 9.17) is 0 Å². The summed E-state index contributed by atoms with van der Waals surface area (Å²) in [5, 5.41) is 5.30. The summed E-state index contributed by atoms with van der Waals surface area (Å²) in [4.78, 5) is 42.1. The Bertz CT molecular complexity index is 858. The predicted octanol–water partition coefficient (Wildman–Crippen LogP) is 2.30. The topological polar surface area (TPSA) is 91.3 Å². The van der Waals surface area contributed by atoms with Crippen molar-refractivity contribution in [2.75, 3.05) is 38.0 Å². The van der Waals surface area contributed by atoms with E-state index in [2.05, 4.69) is 25.2 Å². The van der Waals surface area contributed by atoms with Gasteiger partial charge >= 0.3 is 0 Å². The van der Waals surface area contributed by atoms with Crippen LogP contribution in [0.25, 0.3) is 0 Å². The summed E-state index contributed by atoms with van der Waals surface area (Å²) in [5.41, 5.74) is 1.38. The van der Waals surface area contributed by atoms with Crippen LogP contribution in [0.4, 0.5) is 5.13 Å². The van der Waals surface area contributed by atoms with Crippen LogP contribution in [0.2, 0.25) is 0 Å². The van der Waals surface area contributed by atoms with Gasteiger partial charge < -0.3 is 10.2 Å². The summed E-state index contributed by atoms with van der Waals surface area (Å²) in [7, 11) is 0. The maximum Gasteiger partial charge on any atom is 0.257 e. The lowest BCUT2D eigenvalue weighted by Crippen LogP contribution is -2.39. The van der Waals surface area contributed by atoms with Gasteiger partial charge in [0, 0.05) is 36.8 Å². The molecule has 2 aliphatic rings. The number of carbonyl (C=O) groups excluding carboxylic acids is 2. The minimum atomic E-state index is -0.0322. The summed E-state index contributed by atoms with van der Waals surface area (Å²) in [6, 6.07) is 0. The van der Waals surface area contributed by atoms with Gasteiger partial charge in [-0.1, -0.05) is 0 Å². The Hall–Kier alpha value is -2.39. The number of anilines is 1. The minimum absolute atomic E-state index is 0.0322. The minimum Gasteiger partial charge on any atom is -0.339 e. The highest BCUT2D eigenvalue weighted by atomic mass is 32.1. The second kappa shape index (κ2) is 8.96. The van der Waals surface area contributed by atoms with E-state index in [-0.39, 0.29) is 17.7 Å². The van der Waals surface area contributed by atoms with Gasteiger partial charge in [-0.3, -0.25) is 14.5 Å². The molecule has 4 heterocycles. The van der Waals surface area contributed by atoms with Gasteiger partial charge in [-0.15, -0.1) is 11.3 Å². The van der Waals surface area contributed by atoms with E-state index >= 15 is 0 Å². The average Bonchev–Trinajstić information content (AvgIpc) is 3.42. The third kappa shape index (κ3) is 4.79. The van der Waals surface area contributed by atoms with Crippen LogP contribution in [0.5, 0.6) is 0 Å². The van der Waals surface area contributed by atoms with E-state index in [1.54, 1.807) is 12.4 Å². The molecule has 154 valence electrons. The molecule has 2 aromatic rings. The number of hydrogen-bond donors (Lipinski definition) is 1. The van der Waals surface area contributed by atoms with Crippen LogP contribution in [0.3, 0.4) is 0 Å². The van der Waals surface area contributed by atoms with Crippen molar-refractivity contribution in [2.45, 2.75) is 38.5 Å². The van der Waals surface area contributed by atoms with Crippen molar-refractivity contribution in [3.05, 3.63) is 34.9 Å². The zero-order chi connectivity index (χ0) is 20.2. The number of thiazole rings is 1. The van der Waals surface area contributed by atoms with Crippen LogP contribution >= 0.6 is 11.3 Å². The Morgan fingerprint density at radius 1 is 1.17 bits per heavy atom. The fraction of sp³-hybridized carbons (Fsp3) is 0.550. The number of nitrogens with one attached hydrogen (secondary N) is 1. The molecule has 0 bridgehead atoms. The monoisotopic (exact) mass is 414 g/mol. The molecule has 2 aromatic heterocycles. The standard InChI is InChI=1S/C20H26N6O2S/c1-14-16(19(28)26-7-2-3-8-26)12-22-18(23-14)15-4-9-25(10-5-15)13-17(27)24-20-21-6-11-29-20/h6,11-12,15H,2-5,7-10,13H2,1H3,(H,21,24,27). The highest BCUT2D eigenvalue weighted by Crippen LogP contribution is 2.26. The fourth-order valence-corrected chi connectivity index (χ4v) is 4.52. The molecule has 0 spiro atoms. The first kappa shape index (κ1) is 19.9. The summed E-state index contributed by atoms with van der Waals surface area (Å²) >= 11 is 1.42. The first-order valence-electron chi connectivity index (χ1n) is 10.1. The van der Waals surface area contributed by atoms with Gasteiger partial charge in [0.1, 0.15) is 5.82 Å². The predicted molar refractivity (Wildman–Crippen MR) is 111 cm³/mol. The summed E-state index contributed by atoms with van der Waals surface area (Å²) in [6.45, 7) is 5.57. The summed E-state index contributed by atoms with van der Waals surface area (Å²) < 4.78 is 0. The van der Waals surface area contributed by atoms with Gasteiger partial charge in [-0.25, -0.2) is 15.0 Å². The first-order chi connectivity index (χ1) is 14.1. The Morgan fingerprint density at radius 3 is 2.59 bits per heavy atom. The molecule has 0 unspecified atom stereocenters. The van der Waals surface area contributed by atoms with Crippen molar-refractivity contribution in [3.63, 3.8) is 0 Å². The molecule has 0 radical (unpaired) electrons. The molecule has 0 saturated carbocycles. The van der Waals surface area contributed by atoms with Crippen molar-refractivity contribution in [1.29, 1.82) is 0 Å². The van der Waals surface area contributed by atoms with E-state index in [1.165, 1.54) is 11.3 Å². The van der Waals surface area contributed by atoms with Gasteiger partial charge in [0.05, 0.1) is 17.8 Å². The maximum atomic E-state index is 12.6. The van der Waals surface area contributed by atoms with E-state index in [0.717, 1.165) is 63.4 Å². The number of amides is 2. The van der Waals surface area contributed by atoms with Crippen molar-refractivity contribution in [2.24, 2.45) is 0 Å². The lowest BCUT2D eigenvalue weighted by molar-refractivity contribution is -0.117. The Kier molecular flexibility index (Phi) is 6.15. The molecular formula is C20H26N6O2S. The van der Waals surface area contributed by atoms with Gasteiger partial charge in [0.25, 0.3) is 5.91 Å². The second-order valence-electron chi connectivity index (χ2n) is 7.66. The molecule has 4 rings (SSSR count). The molecule has 2 fully saturated rings. The molecular weight excluding hydrogens is 388 g/mol. The highest BCUT2D eigenvalue weighted by Gasteiger charge is 2.26.